The number of rotatable bonds is 5. The SMILES string of the molecule is CC1(C)C(=O)N(CCCSc2c(Cl)ccc3c2CCNCC3)c2ccccc21. The van der Waals surface area contributed by atoms with Crippen LogP contribution in [-0.4, -0.2) is 31.3 Å². The Balaban J connectivity index is 1.43. The Bertz CT molecular complexity index is 896. The molecular formula is C23H27ClN2OS. The summed E-state index contributed by atoms with van der Waals surface area (Å²) in [5.74, 6) is 1.16. The van der Waals surface area contributed by atoms with Gasteiger partial charge in [-0.25, -0.2) is 0 Å². The lowest BCUT2D eigenvalue weighted by Gasteiger charge is -2.20. The maximum Gasteiger partial charge on any atom is 0.237 e. The lowest BCUT2D eigenvalue weighted by Crippen LogP contribution is -2.36. The van der Waals surface area contributed by atoms with E-state index in [4.69, 9.17) is 11.6 Å². The number of anilines is 1. The summed E-state index contributed by atoms with van der Waals surface area (Å²) in [5.41, 5.74) is 4.60. The molecule has 1 N–H and O–H groups in total. The first-order valence-corrected chi connectivity index (χ1v) is 11.4. The Labute approximate surface area is 176 Å². The number of benzene rings is 2. The molecule has 0 aliphatic carbocycles. The van der Waals surface area contributed by atoms with E-state index in [9.17, 15) is 4.79 Å². The number of hydrogen-bond acceptors (Lipinski definition) is 3. The molecule has 0 unspecified atom stereocenters. The predicted octanol–water partition coefficient (Wildman–Crippen LogP) is 4.83. The highest BCUT2D eigenvalue weighted by molar-refractivity contribution is 7.99. The molecule has 5 heteroatoms. The number of nitrogens with zero attached hydrogens (tertiary/aromatic N) is 1. The summed E-state index contributed by atoms with van der Waals surface area (Å²) in [4.78, 5) is 16.1. The van der Waals surface area contributed by atoms with Gasteiger partial charge in [0.25, 0.3) is 0 Å². The summed E-state index contributed by atoms with van der Waals surface area (Å²) >= 11 is 8.38. The minimum Gasteiger partial charge on any atom is -0.316 e. The molecule has 0 saturated heterocycles. The number of carbonyl (C=O) groups is 1. The van der Waals surface area contributed by atoms with E-state index in [1.165, 1.54) is 16.0 Å². The Morgan fingerprint density at radius 3 is 2.79 bits per heavy atom. The molecule has 148 valence electrons. The van der Waals surface area contributed by atoms with Crippen molar-refractivity contribution < 1.29 is 4.79 Å². The zero-order valence-electron chi connectivity index (χ0n) is 16.6. The topological polar surface area (TPSA) is 32.3 Å². The summed E-state index contributed by atoms with van der Waals surface area (Å²) in [6.45, 7) is 6.84. The first-order valence-electron chi connectivity index (χ1n) is 10.1. The largest absolute Gasteiger partial charge is 0.316 e. The van der Waals surface area contributed by atoms with Gasteiger partial charge in [0, 0.05) is 17.1 Å². The van der Waals surface area contributed by atoms with E-state index in [0.717, 1.165) is 60.9 Å². The van der Waals surface area contributed by atoms with Crippen molar-refractivity contribution in [2.45, 2.75) is 43.4 Å². The van der Waals surface area contributed by atoms with Crippen molar-refractivity contribution in [3.05, 3.63) is 58.1 Å². The molecule has 3 nitrogen and oxygen atoms in total. The van der Waals surface area contributed by atoms with Crippen LogP contribution in [0.4, 0.5) is 5.69 Å². The molecule has 0 saturated carbocycles. The van der Waals surface area contributed by atoms with E-state index in [1.807, 2.05) is 48.7 Å². The van der Waals surface area contributed by atoms with Crippen molar-refractivity contribution in [1.82, 2.24) is 5.32 Å². The highest BCUT2D eigenvalue weighted by Gasteiger charge is 2.43. The van der Waals surface area contributed by atoms with Crippen LogP contribution < -0.4 is 10.2 Å². The zero-order chi connectivity index (χ0) is 19.7. The average Bonchev–Trinajstić information content (AvgIpc) is 2.86. The lowest BCUT2D eigenvalue weighted by molar-refractivity contribution is -0.122. The molecule has 2 aromatic carbocycles. The van der Waals surface area contributed by atoms with Crippen LogP contribution in [0.3, 0.4) is 0 Å². The van der Waals surface area contributed by atoms with E-state index in [-0.39, 0.29) is 5.91 Å². The summed E-state index contributed by atoms with van der Waals surface area (Å²) in [7, 11) is 0. The molecule has 0 radical (unpaired) electrons. The number of para-hydroxylation sites is 1. The van der Waals surface area contributed by atoms with Gasteiger partial charge < -0.3 is 10.2 Å². The first-order chi connectivity index (χ1) is 13.5. The number of fused-ring (bicyclic) bond motifs is 2. The first kappa shape index (κ1) is 19.8. The maximum atomic E-state index is 12.9. The zero-order valence-corrected chi connectivity index (χ0v) is 18.1. The lowest BCUT2D eigenvalue weighted by atomic mass is 9.86. The molecule has 28 heavy (non-hydrogen) atoms. The van der Waals surface area contributed by atoms with Crippen molar-refractivity contribution in [1.29, 1.82) is 0 Å². The molecule has 2 heterocycles. The molecule has 0 spiro atoms. The number of halogens is 1. The van der Waals surface area contributed by atoms with Crippen LogP contribution in [0.5, 0.6) is 0 Å². The number of carbonyl (C=O) groups excluding carboxylic acids is 1. The summed E-state index contributed by atoms with van der Waals surface area (Å²) in [6.07, 6.45) is 3.04. The fourth-order valence-electron chi connectivity index (χ4n) is 4.28. The van der Waals surface area contributed by atoms with Gasteiger partial charge in [0.05, 0.1) is 10.4 Å². The molecule has 2 aliphatic rings. The number of amides is 1. The Hall–Kier alpha value is -1.49. The second kappa shape index (κ2) is 8.10. The quantitative estimate of drug-likeness (QED) is 0.561. The third kappa shape index (κ3) is 3.58. The summed E-state index contributed by atoms with van der Waals surface area (Å²) in [6, 6.07) is 12.4. The third-order valence-electron chi connectivity index (χ3n) is 5.85. The summed E-state index contributed by atoms with van der Waals surface area (Å²) in [5, 5.41) is 4.33. The van der Waals surface area contributed by atoms with Crippen LogP contribution in [0.2, 0.25) is 5.02 Å². The minimum absolute atomic E-state index is 0.205. The molecule has 2 aromatic rings. The highest BCUT2D eigenvalue weighted by atomic mass is 35.5. The van der Waals surface area contributed by atoms with Crippen LogP contribution in [0.25, 0.3) is 0 Å². The molecule has 0 aromatic heterocycles. The fourth-order valence-corrected chi connectivity index (χ4v) is 5.72. The molecule has 2 aliphatic heterocycles. The van der Waals surface area contributed by atoms with E-state index < -0.39 is 5.41 Å². The number of nitrogens with one attached hydrogen (secondary N) is 1. The van der Waals surface area contributed by atoms with Gasteiger partial charge in [0.15, 0.2) is 0 Å². The van der Waals surface area contributed by atoms with E-state index in [2.05, 4.69) is 23.5 Å². The molecule has 0 atom stereocenters. The van der Waals surface area contributed by atoms with Crippen LogP contribution in [-0.2, 0) is 23.1 Å². The van der Waals surface area contributed by atoms with Gasteiger partial charge in [0.2, 0.25) is 5.91 Å². The van der Waals surface area contributed by atoms with E-state index >= 15 is 0 Å². The second-order valence-electron chi connectivity index (χ2n) is 8.07. The molecule has 0 bridgehead atoms. The van der Waals surface area contributed by atoms with Crippen LogP contribution >= 0.6 is 23.4 Å². The van der Waals surface area contributed by atoms with E-state index in [1.54, 1.807) is 0 Å². The average molecular weight is 415 g/mol. The Morgan fingerprint density at radius 1 is 1.14 bits per heavy atom. The van der Waals surface area contributed by atoms with Crippen LogP contribution in [0.1, 0.15) is 37.0 Å². The van der Waals surface area contributed by atoms with Crippen molar-refractivity contribution in [2.75, 3.05) is 30.3 Å². The highest BCUT2D eigenvalue weighted by Crippen LogP contribution is 2.41. The molecule has 1 amide bonds. The smallest absolute Gasteiger partial charge is 0.237 e. The van der Waals surface area contributed by atoms with Gasteiger partial charge in [-0.3, -0.25) is 4.79 Å². The van der Waals surface area contributed by atoms with Crippen LogP contribution in [0.15, 0.2) is 41.3 Å². The Morgan fingerprint density at radius 2 is 1.93 bits per heavy atom. The maximum absolute atomic E-state index is 12.9. The predicted molar refractivity (Wildman–Crippen MR) is 119 cm³/mol. The van der Waals surface area contributed by atoms with Crippen molar-refractivity contribution >= 4 is 35.0 Å². The van der Waals surface area contributed by atoms with Crippen molar-refractivity contribution in [2.24, 2.45) is 0 Å². The van der Waals surface area contributed by atoms with Gasteiger partial charge in [-0.1, -0.05) is 35.9 Å². The Kier molecular flexibility index (Phi) is 5.73. The van der Waals surface area contributed by atoms with Crippen molar-refractivity contribution in [3.63, 3.8) is 0 Å². The molecule has 0 fully saturated rings. The van der Waals surface area contributed by atoms with E-state index in [0.29, 0.717) is 0 Å². The monoisotopic (exact) mass is 414 g/mol. The van der Waals surface area contributed by atoms with Crippen LogP contribution in [0, 0.1) is 0 Å². The second-order valence-corrected chi connectivity index (χ2v) is 9.58. The van der Waals surface area contributed by atoms with Gasteiger partial charge in [-0.2, -0.15) is 0 Å². The normalized spacial score (nSPS) is 18.0. The van der Waals surface area contributed by atoms with Gasteiger partial charge in [0.1, 0.15) is 0 Å². The van der Waals surface area contributed by atoms with Gasteiger partial charge >= 0.3 is 0 Å². The number of thioether (sulfide) groups is 1. The third-order valence-corrected chi connectivity index (χ3v) is 7.53. The van der Waals surface area contributed by atoms with Gasteiger partial charge in [-0.05, 0) is 80.8 Å². The molecular weight excluding hydrogens is 388 g/mol. The standard InChI is InChI=1S/C23H27ClN2OS/c1-23(2)18-6-3-4-7-20(18)26(22(23)27)14-5-15-28-21-17-11-13-25-12-10-16(17)8-9-19(21)24/h3-4,6-9,25H,5,10-15H2,1-2H3. The summed E-state index contributed by atoms with van der Waals surface area (Å²) < 4.78 is 0. The fraction of sp³-hybridized carbons (Fsp3) is 0.435. The molecule has 4 rings (SSSR count). The van der Waals surface area contributed by atoms with Crippen molar-refractivity contribution in [3.8, 4) is 0 Å². The number of hydrogen-bond donors (Lipinski definition) is 1. The van der Waals surface area contributed by atoms with Gasteiger partial charge in [-0.15, -0.1) is 11.8 Å². The minimum atomic E-state index is -0.434.